The van der Waals surface area contributed by atoms with E-state index in [1.165, 1.54) is 5.19 Å². The van der Waals surface area contributed by atoms with E-state index < -0.39 is 13.7 Å². The number of amides is 2. The lowest BCUT2D eigenvalue weighted by molar-refractivity contribution is -0.145. The zero-order chi connectivity index (χ0) is 35.8. The number of anilines is 3. The first-order valence-corrected chi connectivity index (χ1v) is 20.5. The summed E-state index contributed by atoms with van der Waals surface area (Å²) in [5.74, 6) is 0.194. The largest absolute Gasteiger partial charge is 0.497 e. The lowest BCUT2D eigenvalue weighted by Gasteiger charge is -2.37. The van der Waals surface area contributed by atoms with Crippen LogP contribution in [0.5, 0.6) is 5.75 Å². The Morgan fingerprint density at radius 2 is 1.71 bits per heavy atom. The van der Waals surface area contributed by atoms with Gasteiger partial charge in [0.05, 0.1) is 32.7 Å². The van der Waals surface area contributed by atoms with Crippen LogP contribution in [-0.2, 0) is 28.1 Å². The molecule has 4 atom stereocenters. The van der Waals surface area contributed by atoms with Crippen molar-refractivity contribution in [2.24, 2.45) is 5.92 Å². The predicted molar refractivity (Wildman–Crippen MR) is 199 cm³/mol. The van der Waals surface area contributed by atoms with Crippen molar-refractivity contribution >= 4 is 42.1 Å². The number of nitrogens with one attached hydrogen (secondary N) is 1. The minimum absolute atomic E-state index is 0.00140. The number of hydrogen-bond acceptors (Lipinski definition) is 7. The highest BCUT2D eigenvalue weighted by molar-refractivity contribution is 6.91. The van der Waals surface area contributed by atoms with Gasteiger partial charge in [-0.15, -0.1) is 5.10 Å². The van der Waals surface area contributed by atoms with Crippen LogP contribution in [0.15, 0.2) is 109 Å². The second-order valence-corrected chi connectivity index (χ2v) is 18.6. The molecule has 2 amide bonds. The van der Waals surface area contributed by atoms with E-state index in [4.69, 9.17) is 9.47 Å². The van der Waals surface area contributed by atoms with Crippen LogP contribution in [0.4, 0.5) is 17.1 Å². The molecule has 4 aromatic carbocycles. The fourth-order valence-corrected chi connectivity index (χ4v) is 12.2. The van der Waals surface area contributed by atoms with Gasteiger partial charge in [-0.25, -0.2) is 0 Å². The van der Waals surface area contributed by atoms with Crippen molar-refractivity contribution in [3.8, 4) is 5.75 Å². The van der Waals surface area contributed by atoms with Gasteiger partial charge in [0, 0.05) is 54.2 Å². The van der Waals surface area contributed by atoms with Gasteiger partial charge >= 0.3 is 0 Å². The standard InChI is InChI=1S/C40H43N5O5Si/c1-27-37(51(3,4)33-18-16-32(49-2)17-19-33)36(21-23-44-26-30(22-24-46)42-43-44)50-40(27)34-25-29(41-38(47)28-11-7-5-8-12-28)15-20-35(34)45(39(40)48)31-13-9-6-10-14-31/h5-20,25-27,36-37,46H,21-24H2,1-4H3,(H,41,47)/t27-,36+,37-,40+/m1/s1. The number of aryl methyl sites for hydroxylation is 1. The zero-order valence-corrected chi connectivity index (χ0v) is 30.3. The van der Waals surface area contributed by atoms with Crippen LogP contribution >= 0.6 is 0 Å². The Bertz CT molecular complexity index is 2020. The first kappa shape index (κ1) is 34.4. The Morgan fingerprint density at radius 3 is 2.39 bits per heavy atom. The Balaban J connectivity index is 1.33. The van der Waals surface area contributed by atoms with E-state index in [-0.39, 0.29) is 36.0 Å². The molecule has 2 N–H and O–H groups in total. The summed E-state index contributed by atoms with van der Waals surface area (Å²) in [4.78, 5) is 30.3. The van der Waals surface area contributed by atoms with Gasteiger partial charge < -0.3 is 19.9 Å². The lowest BCUT2D eigenvalue weighted by atomic mass is 9.82. The molecular weight excluding hydrogens is 659 g/mol. The molecule has 11 heteroatoms. The zero-order valence-electron chi connectivity index (χ0n) is 29.3. The molecule has 0 bridgehead atoms. The Morgan fingerprint density at radius 1 is 1.00 bits per heavy atom. The van der Waals surface area contributed by atoms with Gasteiger partial charge in [-0.05, 0) is 66.6 Å². The highest BCUT2D eigenvalue weighted by Crippen LogP contribution is 2.61. The molecule has 1 fully saturated rings. The van der Waals surface area contributed by atoms with E-state index in [1.54, 1.807) is 28.8 Å². The fraction of sp³-hybridized carbons (Fsp3) is 0.300. The van der Waals surface area contributed by atoms with Gasteiger partial charge in [0.2, 0.25) is 0 Å². The molecule has 2 aliphatic heterocycles. The highest BCUT2D eigenvalue weighted by Gasteiger charge is 2.66. The number of methoxy groups -OCH3 is 1. The van der Waals surface area contributed by atoms with Crippen molar-refractivity contribution in [2.45, 2.75) is 56.7 Å². The summed E-state index contributed by atoms with van der Waals surface area (Å²) in [7, 11) is -0.718. The molecule has 0 saturated carbocycles. The molecule has 1 aromatic heterocycles. The highest BCUT2D eigenvalue weighted by atomic mass is 28.3. The number of hydrogen-bond donors (Lipinski definition) is 2. The number of aromatic nitrogens is 3. The van der Waals surface area contributed by atoms with Crippen LogP contribution in [0, 0.1) is 5.92 Å². The van der Waals surface area contributed by atoms with Crippen molar-refractivity contribution in [2.75, 3.05) is 23.9 Å². The van der Waals surface area contributed by atoms with Gasteiger partial charge in [0.15, 0.2) is 5.60 Å². The average Bonchev–Trinajstić information content (AvgIpc) is 3.80. The van der Waals surface area contributed by atoms with E-state index in [0.717, 1.165) is 28.4 Å². The maximum atomic E-state index is 15.2. The first-order chi connectivity index (χ1) is 24.7. The van der Waals surface area contributed by atoms with E-state index in [1.807, 2.05) is 85.1 Å². The summed E-state index contributed by atoms with van der Waals surface area (Å²) in [6.45, 7) is 7.40. The van der Waals surface area contributed by atoms with Crippen molar-refractivity contribution in [3.05, 3.63) is 126 Å². The van der Waals surface area contributed by atoms with Crippen molar-refractivity contribution < 1.29 is 24.2 Å². The number of fused-ring (bicyclic) bond motifs is 2. The molecule has 1 spiro atoms. The third-order valence-electron chi connectivity index (χ3n) is 10.6. The topological polar surface area (TPSA) is 119 Å². The Labute approximate surface area is 299 Å². The summed E-state index contributed by atoms with van der Waals surface area (Å²) in [5, 5.41) is 22.3. The third-order valence-corrected chi connectivity index (χ3v) is 15.0. The molecule has 3 heterocycles. The average molecular weight is 702 g/mol. The number of para-hydroxylation sites is 1. The van der Waals surface area contributed by atoms with Crippen LogP contribution in [0.1, 0.15) is 35.0 Å². The summed E-state index contributed by atoms with van der Waals surface area (Å²) >= 11 is 0. The van der Waals surface area contributed by atoms with E-state index >= 15 is 4.79 Å². The molecule has 7 rings (SSSR count). The summed E-state index contributed by atoms with van der Waals surface area (Å²) in [5.41, 5.74) is 2.80. The summed E-state index contributed by atoms with van der Waals surface area (Å²) in [6, 6.07) is 32.7. The number of ether oxygens (including phenoxy) is 2. The van der Waals surface area contributed by atoms with Crippen LogP contribution in [0.3, 0.4) is 0 Å². The van der Waals surface area contributed by atoms with Crippen molar-refractivity contribution in [1.29, 1.82) is 0 Å². The van der Waals surface area contributed by atoms with Crippen LogP contribution in [0.2, 0.25) is 18.6 Å². The monoisotopic (exact) mass is 701 g/mol. The molecule has 51 heavy (non-hydrogen) atoms. The van der Waals surface area contributed by atoms with E-state index in [9.17, 15) is 9.90 Å². The molecule has 5 aromatic rings. The summed E-state index contributed by atoms with van der Waals surface area (Å²) in [6.07, 6.45) is 2.60. The second kappa shape index (κ2) is 13.9. The smallest absolute Gasteiger partial charge is 0.268 e. The first-order valence-electron chi connectivity index (χ1n) is 17.4. The van der Waals surface area contributed by atoms with Gasteiger partial charge in [-0.1, -0.05) is 78.9 Å². The second-order valence-electron chi connectivity index (χ2n) is 13.9. The predicted octanol–water partition coefficient (Wildman–Crippen LogP) is 6.06. The normalized spacial score (nSPS) is 21.2. The van der Waals surface area contributed by atoms with Gasteiger partial charge in [-0.2, -0.15) is 0 Å². The minimum Gasteiger partial charge on any atom is -0.497 e. The molecule has 0 unspecified atom stereocenters. The Kier molecular flexibility index (Phi) is 9.36. The number of aliphatic hydroxyl groups excluding tert-OH is 1. The lowest BCUT2D eigenvalue weighted by Crippen LogP contribution is -2.51. The molecule has 0 aliphatic carbocycles. The maximum absolute atomic E-state index is 15.2. The van der Waals surface area contributed by atoms with Crippen LogP contribution in [-0.4, -0.2) is 59.8 Å². The molecule has 2 aliphatic rings. The Hall–Kier alpha value is -5.10. The SMILES string of the molecule is COc1ccc([Si](C)(C)[C@H]2[C@H](CCn3cc(CCO)nn3)O[C@@]3(C(=O)N(c4ccccc4)c4ccc(NC(=O)c5ccccc5)cc43)[C@@H]2C)cc1. The fourth-order valence-electron chi connectivity index (χ4n) is 8.15. The maximum Gasteiger partial charge on any atom is 0.268 e. The van der Waals surface area contributed by atoms with Gasteiger partial charge in [0.25, 0.3) is 11.8 Å². The number of rotatable bonds is 11. The van der Waals surface area contributed by atoms with Gasteiger partial charge in [0.1, 0.15) is 5.75 Å². The number of nitrogens with zero attached hydrogens (tertiary/aromatic N) is 4. The molecular formula is C40H43N5O5Si. The molecule has 262 valence electrons. The van der Waals surface area contributed by atoms with Gasteiger partial charge in [-0.3, -0.25) is 19.2 Å². The molecule has 0 radical (unpaired) electrons. The number of carbonyl (C=O) groups excluding carboxylic acids is 2. The molecule has 10 nitrogen and oxygen atoms in total. The summed E-state index contributed by atoms with van der Waals surface area (Å²) < 4.78 is 14.6. The van der Waals surface area contributed by atoms with Crippen LogP contribution < -0.4 is 20.1 Å². The molecule has 1 saturated heterocycles. The van der Waals surface area contributed by atoms with E-state index in [2.05, 4.69) is 47.8 Å². The quantitative estimate of drug-likeness (QED) is 0.161. The minimum atomic E-state index is -2.38. The number of carbonyl (C=O) groups is 2. The van der Waals surface area contributed by atoms with Crippen LogP contribution in [0.25, 0.3) is 0 Å². The van der Waals surface area contributed by atoms with E-state index in [0.29, 0.717) is 30.6 Å². The number of aliphatic hydroxyl groups is 1. The third kappa shape index (κ3) is 6.15. The van der Waals surface area contributed by atoms with Crippen molar-refractivity contribution in [1.82, 2.24) is 15.0 Å². The van der Waals surface area contributed by atoms with Crippen molar-refractivity contribution in [3.63, 3.8) is 0 Å². The number of benzene rings is 4.